The standard InChI is InChI=1S/C14H15BrOS2/c15-18(7-3-4-8-18)10-12(16)14-9-11-5-1-2-6-13(11)17-14/h1-2,5-6,9H,3-4,7-8,10H2. The van der Waals surface area contributed by atoms with E-state index in [0.717, 1.165) is 10.6 Å². The topological polar surface area (TPSA) is 17.1 Å². The summed E-state index contributed by atoms with van der Waals surface area (Å²) in [5.41, 5.74) is 0. The second-order valence-corrected chi connectivity index (χ2v) is 13.0. The molecule has 0 spiro atoms. The van der Waals surface area contributed by atoms with E-state index in [0.29, 0.717) is 5.78 Å². The molecule has 1 aliphatic rings. The first kappa shape index (κ1) is 12.7. The van der Waals surface area contributed by atoms with Crippen molar-refractivity contribution in [1.82, 2.24) is 0 Å². The van der Waals surface area contributed by atoms with Gasteiger partial charge in [0.25, 0.3) is 0 Å². The van der Waals surface area contributed by atoms with Gasteiger partial charge in [-0.2, -0.15) is 8.46 Å². The first-order valence-electron chi connectivity index (χ1n) is 6.14. The van der Waals surface area contributed by atoms with Gasteiger partial charge in [-0.3, -0.25) is 4.79 Å². The number of hydrogen-bond donors (Lipinski definition) is 0. The van der Waals surface area contributed by atoms with E-state index in [1.54, 1.807) is 11.3 Å². The van der Waals surface area contributed by atoms with Gasteiger partial charge in [-0.1, -0.05) is 18.2 Å². The van der Waals surface area contributed by atoms with Crippen molar-refractivity contribution in [3.05, 3.63) is 35.2 Å². The van der Waals surface area contributed by atoms with Crippen LogP contribution in [0.25, 0.3) is 10.1 Å². The minimum Gasteiger partial charge on any atom is -0.292 e. The van der Waals surface area contributed by atoms with Crippen LogP contribution in [-0.4, -0.2) is 23.0 Å². The van der Waals surface area contributed by atoms with Crippen LogP contribution in [-0.2, 0) is 0 Å². The number of rotatable bonds is 3. The number of halogens is 1. The summed E-state index contributed by atoms with van der Waals surface area (Å²) in [5, 5.41) is 1.19. The molecule has 1 nitrogen and oxygen atoms in total. The van der Waals surface area contributed by atoms with Crippen molar-refractivity contribution in [2.75, 3.05) is 17.3 Å². The Morgan fingerprint density at radius 1 is 1.28 bits per heavy atom. The SMILES string of the molecule is O=C(CS1(Br)CCCC1)c1cc2ccccc2s1. The van der Waals surface area contributed by atoms with E-state index >= 15 is 0 Å². The lowest BCUT2D eigenvalue weighted by molar-refractivity contribution is 0.102. The van der Waals surface area contributed by atoms with Crippen LogP contribution >= 0.6 is 34.6 Å². The molecule has 0 N–H and O–H groups in total. The van der Waals surface area contributed by atoms with E-state index in [9.17, 15) is 4.79 Å². The molecule has 1 aromatic heterocycles. The van der Waals surface area contributed by atoms with Crippen molar-refractivity contribution in [3.8, 4) is 0 Å². The summed E-state index contributed by atoms with van der Waals surface area (Å²) in [5.74, 6) is 3.47. The van der Waals surface area contributed by atoms with E-state index in [2.05, 4.69) is 26.9 Å². The van der Waals surface area contributed by atoms with Crippen LogP contribution in [0.15, 0.2) is 30.3 Å². The Hall–Kier alpha value is -0.320. The van der Waals surface area contributed by atoms with Gasteiger partial charge in [0.1, 0.15) is 0 Å². The fourth-order valence-electron chi connectivity index (χ4n) is 2.39. The van der Waals surface area contributed by atoms with E-state index in [1.165, 1.54) is 34.4 Å². The Kier molecular flexibility index (Phi) is 3.52. The summed E-state index contributed by atoms with van der Waals surface area (Å²) in [6.07, 6.45) is 2.56. The zero-order chi connectivity index (χ0) is 12.6. The average molecular weight is 343 g/mol. The minimum atomic E-state index is -0.819. The van der Waals surface area contributed by atoms with Crippen LogP contribution in [0.4, 0.5) is 0 Å². The molecule has 96 valence electrons. The van der Waals surface area contributed by atoms with Gasteiger partial charge >= 0.3 is 0 Å². The van der Waals surface area contributed by atoms with E-state index in [-0.39, 0.29) is 0 Å². The molecule has 2 aromatic rings. The summed E-state index contributed by atoms with van der Waals surface area (Å²) in [6, 6.07) is 10.3. The molecular formula is C14H15BrOS2. The van der Waals surface area contributed by atoms with Crippen LogP contribution < -0.4 is 0 Å². The third-order valence-corrected chi connectivity index (χ3v) is 9.97. The van der Waals surface area contributed by atoms with E-state index < -0.39 is 8.46 Å². The Balaban J connectivity index is 1.83. The van der Waals surface area contributed by atoms with Crippen molar-refractivity contribution >= 4 is 50.5 Å². The van der Waals surface area contributed by atoms with Gasteiger partial charge in [0.15, 0.2) is 5.78 Å². The Morgan fingerprint density at radius 3 is 2.72 bits per heavy atom. The third kappa shape index (κ3) is 2.51. The normalized spacial score (nSPS) is 20.1. The van der Waals surface area contributed by atoms with Gasteiger partial charge in [-0.25, -0.2) is 0 Å². The minimum absolute atomic E-state index is 0.324. The number of ketones is 1. The number of fused-ring (bicyclic) bond motifs is 1. The predicted octanol–water partition coefficient (Wildman–Crippen LogP) is 4.99. The fraction of sp³-hybridized carbons (Fsp3) is 0.357. The van der Waals surface area contributed by atoms with Crippen molar-refractivity contribution in [2.45, 2.75) is 12.8 Å². The highest BCUT2D eigenvalue weighted by atomic mass is 79.9. The molecule has 3 rings (SSSR count). The van der Waals surface area contributed by atoms with Gasteiger partial charge < -0.3 is 0 Å². The second-order valence-electron chi connectivity index (χ2n) is 4.77. The smallest absolute Gasteiger partial charge is 0.181 e. The van der Waals surface area contributed by atoms with Crippen LogP contribution in [0.2, 0.25) is 0 Å². The summed E-state index contributed by atoms with van der Waals surface area (Å²) < 4.78 is 1.21. The summed E-state index contributed by atoms with van der Waals surface area (Å²) in [7, 11) is -0.819. The average Bonchev–Trinajstić information content (AvgIpc) is 2.95. The maximum atomic E-state index is 12.4. The molecule has 4 heteroatoms. The molecule has 18 heavy (non-hydrogen) atoms. The van der Waals surface area contributed by atoms with Crippen molar-refractivity contribution in [3.63, 3.8) is 0 Å². The third-order valence-electron chi connectivity index (χ3n) is 3.36. The largest absolute Gasteiger partial charge is 0.292 e. The zero-order valence-electron chi connectivity index (χ0n) is 10.0. The zero-order valence-corrected chi connectivity index (χ0v) is 13.2. The number of carbonyl (C=O) groups excluding carboxylic acids is 1. The molecule has 2 heterocycles. The highest BCUT2D eigenvalue weighted by molar-refractivity contribution is 9.58. The maximum Gasteiger partial charge on any atom is 0.181 e. The van der Waals surface area contributed by atoms with Crippen molar-refractivity contribution in [1.29, 1.82) is 0 Å². The number of hydrogen-bond acceptors (Lipinski definition) is 2. The lowest BCUT2D eigenvalue weighted by Crippen LogP contribution is -2.10. The highest BCUT2D eigenvalue weighted by Gasteiger charge is 2.29. The second kappa shape index (κ2) is 4.99. The molecule has 1 aromatic carbocycles. The number of thiophene rings is 1. The van der Waals surface area contributed by atoms with Crippen LogP contribution in [0.3, 0.4) is 0 Å². The van der Waals surface area contributed by atoms with Gasteiger partial charge in [-0.05, 0) is 56.7 Å². The molecule has 0 bridgehead atoms. The summed E-state index contributed by atoms with van der Waals surface area (Å²) in [6.45, 7) is 0. The monoisotopic (exact) mass is 342 g/mol. The Labute approximate surface area is 120 Å². The van der Waals surface area contributed by atoms with Crippen LogP contribution in [0, 0.1) is 0 Å². The Morgan fingerprint density at radius 2 is 2.00 bits per heavy atom. The van der Waals surface area contributed by atoms with Crippen molar-refractivity contribution in [2.24, 2.45) is 0 Å². The molecule has 1 saturated heterocycles. The number of Topliss-reactive ketones (excluding diaryl/α,β-unsaturated/α-hetero) is 1. The quantitative estimate of drug-likeness (QED) is 0.718. The molecule has 1 aliphatic heterocycles. The summed E-state index contributed by atoms with van der Waals surface area (Å²) in [4.78, 5) is 13.3. The van der Waals surface area contributed by atoms with Gasteiger partial charge in [0.05, 0.1) is 10.6 Å². The lowest BCUT2D eigenvalue weighted by atomic mass is 10.2. The number of carbonyl (C=O) groups is 1. The van der Waals surface area contributed by atoms with E-state index in [1.807, 2.05) is 18.2 Å². The van der Waals surface area contributed by atoms with Gasteiger partial charge in [-0.15, -0.1) is 11.3 Å². The molecule has 0 radical (unpaired) electrons. The molecule has 0 atom stereocenters. The van der Waals surface area contributed by atoms with Gasteiger partial charge in [0, 0.05) is 4.70 Å². The highest BCUT2D eigenvalue weighted by Crippen LogP contribution is 2.60. The fourth-order valence-corrected chi connectivity index (χ4v) is 8.04. The van der Waals surface area contributed by atoms with Crippen LogP contribution in [0.5, 0.6) is 0 Å². The molecule has 0 amide bonds. The first-order valence-corrected chi connectivity index (χ1v) is 10.9. The number of benzene rings is 1. The van der Waals surface area contributed by atoms with Crippen LogP contribution in [0.1, 0.15) is 22.5 Å². The van der Waals surface area contributed by atoms with E-state index in [4.69, 9.17) is 0 Å². The maximum absolute atomic E-state index is 12.4. The Bertz CT molecular complexity index is 551. The van der Waals surface area contributed by atoms with Crippen molar-refractivity contribution < 1.29 is 4.79 Å². The lowest BCUT2D eigenvalue weighted by Gasteiger charge is -2.26. The molecule has 0 unspecified atom stereocenters. The molecule has 0 saturated carbocycles. The predicted molar refractivity (Wildman–Crippen MR) is 86.5 cm³/mol. The summed E-state index contributed by atoms with van der Waals surface area (Å²) >= 11 is 5.49. The first-order chi connectivity index (χ1) is 8.66. The molecule has 0 aliphatic carbocycles. The molecule has 1 fully saturated rings. The van der Waals surface area contributed by atoms with Gasteiger partial charge in [0.2, 0.25) is 0 Å². The molecular weight excluding hydrogens is 328 g/mol.